The quantitative estimate of drug-likeness (QED) is 0.377. The number of ether oxygens (including phenoxy) is 2. The highest BCUT2D eigenvalue weighted by molar-refractivity contribution is 5.79. The smallest absolute Gasteiger partial charge is 0.366 e. The van der Waals surface area contributed by atoms with Crippen LogP contribution in [0.3, 0.4) is 0 Å². The number of carbonyl (C=O) groups excluding carboxylic acids is 1. The van der Waals surface area contributed by atoms with Gasteiger partial charge >= 0.3 is 5.97 Å². The minimum atomic E-state index is -1.67. The Labute approximate surface area is 52.4 Å². The molecule has 0 aromatic heterocycles. The maximum Gasteiger partial charge on any atom is 0.366 e. The molecule has 1 atom stereocenters. The van der Waals surface area contributed by atoms with Gasteiger partial charge in [-0.25, -0.2) is 4.79 Å². The second-order valence-corrected chi connectivity index (χ2v) is 1.87. The van der Waals surface area contributed by atoms with E-state index in [0.29, 0.717) is 0 Å². The summed E-state index contributed by atoms with van der Waals surface area (Å²) in [5, 5.41) is 9.07. The van der Waals surface area contributed by atoms with Crippen molar-refractivity contribution in [2.75, 3.05) is 13.7 Å². The average molecular weight is 132 g/mol. The fourth-order valence-corrected chi connectivity index (χ4v) is 0.682. The fourth-order valence-electron chi connectivity index (χ4n) is 0.682. The first-order valence-corrected chi connectivity index (χ1v) is 2.64. The molecule has 0 aromatic carbocycles. The molecule has 1 unspecified atom stereocenters. The van der Waals surface area contributed by atoms with Gasteiger partial charge in [0.05, 0.1) is 6.61 Å². The zero-order chi connectivity index (χ0) is 6.91. The van der Waals surface area contributed by atoms with Gasteiger partial charge < -0.3 is 14.6 Å². The van der Waals surface area contributed by atoms with E-state index in [0.717, 1.165) is 0 Å². The van der Waals surface area contributed by atoms with E-state index in [1.807, 2.05) is 0 Å². The third-order valence-electron chi connectivity index (χ3n) is 1.33. The third kappa shape index (κ3) is 0.906. The Morgan fingerprint density at radius 3 is 2.78 bits per heavy atom. The van der Waals surface area contributed by atoms with Gasteiger partial charge in [0.15, 0.2) is 0 Å². The predicted molar refractivity (Wildman–Crippen MR) is 27.5 cm³/mol. The molecule has 1 aliphatic heterocycles. The molecular formula is C5H8O4. The molecule has 1 N–H and O–H groups in total. The molecule has 1 saturated heterocycles. The minimum Gasteiger partial charge on any atom is -0.461 e. The highest BCUT2D eigenvalue weighted by atomic mass is 16.7. The molecule has 0 bridgehead atoms. The van der Waals surface area contributed by atoms with Gasteiger partial charge in [-0.3, -0.25) is 0 Å². The summed E-state index contributed by atoms with van der Waals surface area (Å²) < 4.78 is 8.94. The summed E-state index contributed by atoms with van der Waals surface area (Å²) in [6, 6.07) is 0. The van der Waals surface area contributed by atoms with Gasteiger partial charge in [-0.2, -0.15) is 0 Å². The Kier molecular flexibility index (Phi) is 1.42. The predicted octanol–water partition coefficient (Wildman–Crippen LogP) is -0.732. The maximum atomic E-state index is 10.5. The van der Waals surface area contributed by atoms with E-state index < -0.39 is 11.8 Å². The molecule has 0 aromatic rings. The van der Waals surface area contributed by atoms with Crippen molar-refractivity contribution in [2.24, 2.45) is 0 Å². The van der Waals surface area contributed by atoms with Crippen LogP contribution in [-0.4, -0.2) is 30.6 Å². The van der Waals surface area contributed by atoms with Crippen LogP contribution >= 0.6 is 0 Å². The first-order valence-electron chi connectivity index (χ1n) is 2.64. The Hall–Kier alpha value is -0.610. The highest BCUT2D eigenvalue weighted by Gasteiger charge is 2.42. The normalized spacial score (nSPS) is 34.7. The summed E-state index contributed by atoms with van der Waals surface area (Å²) in [5.41, 5.74) is 0. The van der Waals surface area contributed by atoms with Crippen molar-refractivity contribution < 1.29 is 19.4 Å². The third-order valence-corrected chi connectivity index (χ3v) is 1.33. The Bertz CT molecular complexity index is 133. The molecule has 0 aliphatic carbocycles. The second kappa shape index (κ2) is 1.97. The zero-order valence-corrected chi connectivity index (χ0v) is 5.09. The summed E-state index contributed by atoms with van der Waals surface area (Å²) in [5.74, 6) is -2.36. The Morgan fingerprint density at radius 2 is 2.56 bits per heavy atom. The molecule has 1 fully saturated rings. The van der Waals surface area contributed by atoms with Gasteiger partial charge in [0.2, 0.25) is 0 Å². The topological polar surface area (TPSA) is 55.8 Å². The summed E-state index contributed by atoms with van der Waals surface area (Å²) in [4.78, 5) is 10.5. The fraction of sp³-hybridized carbons (Fsp3) is 0.800. The summed E-state index contributed by atoms with van der Waals surface area (Å²) in [7, 11) is 1.27. The van der Waals surface area contributed by atoms with Gasteiger partial charge in [-0.05, 0) is 0 Å². The van der Waals surface area contributed by atoms with Crippen LogP contribution in [-0.2, 0) is 14.3 Å². The molecule has 0 amide bonds. The molecule has 4 nitrogen and oxygen atoms in total. The van der Waals surface area contributed by atoms with Gasteiger partial charge in [0.25, 0.3) is 5.79 Å². The molecule has 0 spiro atoms. The van der Waals surface area contributed by atoms with Gasteiger partial charge in [0.1, 0.15) is 0 Å². The lowest BCUT2D eigenvalue weighted by atomic mass is 10.2. The van der Waals surface area contributed by atoms with Crippen LogP contribution in [0.15, 0.2) is 0 Å². The molecule has 4 heteroatoms. The summed E-state index contributed by atoms with van der Waals surface area (Å²) in [6.07, 6.45) is 0.225. The zero-order valence-electron chi connectivity index (χ0n) is 5.09. The SMILES string of the molecule is COC1(O)CCOC1=O. The largest absolute Gasteiger partial charge is 0.461 e. The van der Waals surface area contributed by atoms with Crippen LogP contribution in [0.5, 0.6) is 0 Å². The monoisotopic (exact) mass is 132 g/mol. The van der Waals surface area contributed by atoms with Crippen LogP contribution in [0.1, 0.15) is 6.42 Å². The lowest BCUT2D eigenvalue weighted by molar-refractivity contribution is -0.199. The molecule has 0 saturated carbocycles. The van der Waals surface area contributed by atoms with Crippen molar-refractivity contribution in [3.8, 4) is 0 Å². The van der Waals surface area contributed by atoms with E-state index in [9.17, 15) is 4.79 Å². The molecule has 1 rings (SSSR count). The van der Waals surface area contributed by atoms with E-state index in [-0.39, 0.29) is 13.0 Å². The second-order valence-electron chi connectivity index (χ2n) is 1.87. The first kappa shape index (κ1) is 6.51. The van der Waals surface area contributed by atoms with Gasteiger partial charge in [-0.1, -0.05) is 0 Å². The van der Waals surface area contributed by atoms with Crippen molar-refractivity contribution in [3.63, 3.8) is 0 Å². The number of hydrogen-bond donors (Lipinski definition) is 1. The number of methoxy groups -OCH3 is 1. The summed E-state index contributed by atoms with van der Waals surface area (Å²) >= 11 is 0. The maximum absolute atomic E-state index is 10.5. The first-order chi connectivity index (χ1) is 4.19. The van der Waals surface area contributed by atoms with Crippen LogP contribution in [0, 0.1) is 0 Å². The van der Waals surface area contributed by atoms with Crippen LogP contribution in [0.4, 0.5) is 0 Å². The van der Waals surface area contributed by atoms with Crippen molar-refractivity contribution >= 4 is 5.97 Å². The number of aliphatic hydroxyl groups is 1. The molecular weight excluding hydrogens is 124 g/mol. The van der Waals surface area contributed by atoms with Crippen LogP contribution < -0.4 is 0 Å². The van der Waals surface area contributed by atoms with Crippen molar-refractivity contribution in [1.82, 2.24) is 0 Å². The minimum absolute atomic E-state index is 0.225. The van der Waals surface area contributed by atoms with E-state index in [1.165, 1.54) is 7.11 Å². The Morgan fingerprint density at radius 1 is 1.89 bits per heavy atom. The Balaban J connectivity index is 2.67. The number of cyclic esters (lactones) is 1. The lowest BCUT2D eigenvalue weighted by Crippen LogP contribution is -2.35. The van der Waals surface area contributed by atoms with Crippen molar-refractivity contribution in [3.05, 3.63) is 0 Å². The van der Waals surface area contributed by atoms with E-state index >= 15 is 0 Å². The highest BCUT2D eigenvalue weighted by Crippen LogP contribution is 2.19. The average Bonchev–Trinajstić information content (AvgIpc) is 2.15. The molecule has 1 heterocycles. The van der Waals surface area contributed by atoms with Crippen LogP contribution in [0.2, 0.25) is 0 Å². The van der Waals surface area contributed by atoms with E-state index in [2.05, 4.69) is 9.47 Å². The standard InChI is InChI=1S/C5H8O4/c1-8-5(7)2-3-9-4(5)6/h7H,2-3H2,1H3. The summed E-state index contributed by atoms with van der Waals surface area (Å²) in [6.45, 7) is 0.239. The van der Waals surface area contributed by atoms with Crippen molar-refractivity contribution in [1.29, 1.82) is 0 Å². The number of rotatable bonds is 1. The molecule has 0 radical (unpaired) electrons. The van der Waals surface area contributed by atoms with Crippen molar-refractivity contribution in [2.45, 2.75) is 12.2 Å². The van der Waals surface area contributed by atoms with E-state index in [1.54, 1.807) is 0 Å². The molecule has 9 heavy (non-hydrogen) atoms. The van der Waals surface area contributed by atoms with E-state index in [4.69, 9.17) is 5.11 Å². The van der Waals surface area contributed by atoms with Gasteiger partial charge in [-0.15, -0.1) is 0 Å². The lowest BCUT2D eigenvalue weighted by Gasteiger charge is -2.13. The molecule has 1 aliphatic rings. The van der Waals surface area contributed by atoms with Gasteiger partial charge in [0, 0.05) is 13.5 Å². The van der Waals surface area contributed by atoms with Crippen LogP contribution in [0.25, 0.3) is 0 Å². The number of esters is 1. The number of hydrogen-bond acceptors (Lipinski definition) is 4. The molecule has 52 valence electrons. The number of carbonyl (C=O) groups is 1.